The second-order valence-electron chi connectivity index (χ2n) is 14.2. The molecule has 0 heterocycles. The van der Waals surface area contributed by atoms with Gasteiger partial charge in [0.25, 0.3) is 0 Å². The summed E-state index contributed by atoms with van der Waals surface area (Å²) in [4.78, 5) is -3.56. The number of oxime groups is 2. The third-order valence-corrected chi connectivity index (χ3v) is 16.2. The van der Waals surface area contributed by atoms with Gasteiger partial charge in [0.05, 0.1) is 12.4 Å². The Balaban J connectivity index is 1.27. The smallest absolute Gasteiger partial charge is 0.362 e. The van der Waals surface area contributed by atoms with Crippen LogP contribution in [0, 0.1) is 27.7 Å². The molecule has 0 atom stereocenters. The van der Waals surface area contributed by atoms with Gasteiger partial charge in [0.2, 0.25) is 0 Å². The van der Waals surface area contributed by atoms with Crippen molar-refractivity contribution in [1.29, 1.82) is 0 Å². The number of aryl methyl sites for hydroxylation is 4. The first-order valence-electron chi connectivity index (χ1n) is 19.0. The molecule has 0 radical (unpaired) electrons. The lowest BCUT2D eigenvalue weighted by Crippen LogP contribution is -2.14. The number of benzene rings is 6. The molecule has 0 fully saturated rings. The van der Waals surface area contributed by atoms with E-state index < -0.39 is 93.5 Å². The first kappa shape index (κ1) is 50.6. The van der Waals surface area contributed by atoms with Crippen molar-refractivity contribution in [3.63, 3.8) is 0 Å². The SMILES string of the molecule is Cc1ccc(S(=O)(=O)Oc2ccc(OS(=O)(=O)c3ccc(C)cc3)c(S(=O)(=O)ON=CC=NOS(=O)(=O)c3cc(OS(=O)(=O)c4ccc(C)cc4)ccc3OS(=O)(=O)c3ccc(C)cc3)c2)cc1. The van der Waals surface area contributed by atoms with Crippen molar-refractivity contribution < 1.29 is 75.8 Å². The van der Waals surface area contributed by atoms with Gasteiger partial charge in [-0.15, -0.1) is 0 Å². The molecule has 6 aromatic carbocycles. The highest BCUT2D eigenvalue weighted by Crippen LogP contribution is 2.35. The fourth-order valence-electron chi connectivity index (χ4n) is 5.41. The van der Waals surface area contributed by atoms with Gasteiger partial charge in [-0.25, -0.2) is 0 Å². The normalized spacial score (nSPS) is 12.7. The molecule has 6 rings (SSSR count). The highest BCUT2D eigenvalue weighted by molar-refractivity contribution is 7.89. The Bertz CT molecular complexity index is 3360. The minimum absolute atomic E-state index is 0.303. The maximum Gasteiger partial charge on any atom is 0.362 e. The Morgan fingerprint density at radius 2 is 0.574 bits per heavy atom. The Kier molecular flexibility index (Phi) is 14.7. The van der Waals surface area contributed by atoms with Crippen LogP contribution in [0.2, 0.25) is 0 Å². The molecule has 0 aliphatic carbocycles. The molecule has 0 aliphatic heterocycles. The fraction of sp³-hybridized carbons (Fsp3) is 0.0952. The van der Waals surface area contributed by atoms with Crippen LogP contribution < -0.4 is 16.7 Å². The topological polar surface area (TPSA) is 285 Å². The Morgan fingerprint density at radius 3 is 0.838 bits per heavy atom. The summed E-state index contributed by atoms with van der Waals surface area (Å²) in [5.74, 6) is -3.03. The van der Waals surface area contributed by atoms with Gasteiger partial charge in [0, 0.05) is 12.1 Å². The van der Waals surface area contributed by atoms with E-state index in [0.717, 1.165) is 35.4 Å². The van der Waals surface area contributed by atoms with Gasteiger partial charge in [-0.2, -0.15) is 50.5 Å². The van der Waals surface area contributed by atoms with Crippen LogP contribution in [0.25, 0.3) is 0 Å². The molecular formula is C42H36N2O18S6. The quantitative estimate of drug-likeness (QED) is 0.0505. The predicted octanol–water partition coefficient (Wildman–Crippen LogP) is 6.07. The first-order valence-corrected chi connectivity index (χ1v) is 27.5. The Morgan fingerprint density at radius 1 is 0.324 bits per heavy atom. The number of rotatable bonds is 19. The fourth-order valence-corrected chi connectivity index (χ4v) is 11.0. The van der Waals surface area contributed by atoms with Crippen LogP contribution in [-0.2, 0) is 69.3 Å². The molecule has 0 aromatic heterocycles. The summed E-state index contributed by atoms with van der Waals surface area (Å²) < 4.78 is 189. The molecule has 0 N–H and O–H groups in total. The molecule has 0 saturated heterocycles. The summed E-state index contributed by atoms with van der Waals surface area (Å²) >= 11 is 0. The lowest BCUT2D eigenvalue weighted by molar-refractivity contribution is 0.335. The summed E-state index contributed by atoms with van der Waals surface area (Å²) in [6.45, 7) is 6.79. The standard InChI is InChI=1S/C42H36N2O18S6/c1-29-5-15-35(16-6-29)63(45,46)57-33-13-23-39(59-65(49,50)37-19-9-31(3)10-20-37)41(27-33)67(53,54)61-43-25-26-44-62-68(55,56)42-28-34(58-64(47,48)36-17-7-30(2)8-18-36)14-24-40(42)60-66(51,52)38-21-11-32(4)12-22-38/h5-28H,1-4H3. The van der Waals surface area contributed by atoms with E-state index in [4.69, 9.17) is 16.7 Å². The minimum Gasteiger partial charge on any atom is -0.379 e. The second kappa shape index (κ2) is 19.8. The largest absolute Gasteiger partial charge is 0.379 e. The minimum atomic E-state index is -5.27. The van der Waals surface area contributed by atoms with E-state index in [1.807, 2.05) is 0 Å². The van der Waals surface area contributed by atoms with Crippen LogP contribution in [0.4, 0.5) is 0 Å². The highest BCUT2D eigenvalue weighted by atomic mass is 32.2. The van der Waals surface area contributed by atoms with Crippen LogP contribution in [0.1, 0.15) is 22.3 Å². The van der Waals surface area contributed by atoms with Crippen molar-refractivity contribution in [3.8, 4) is 23.0 Å². The monoisotopic (exact) mass is 1050 g/mol. The second-order valence-corrected chi connectivity index (χ2v) is 23.4. The van der Waals surface area contributed by atoms with Gasteiger partial charge in [0.1, 0.15) is 31.1 Å². The van der Waals surface area contributed by atoms with E-state index in [0.29, 0.717) is 35.7 Å². The number of hydrogen-bond donors (Lipinski definition) is 0. The highest BCUT2D eigenvalue weighted by Gasteiger charge is 2.31. The van der Waals surface area contributed by atoms with Crippen LogP contribution in [-0.4, -0.2) is 62.9 Å². The average Bonchev–Trinajstić information content (AvgIpc) is 3.26. The lowest BCUT2D eigenvalue weighted by Gasteiger charge is -2.13. The van der Waals surface area contributed by atoms with E-state index in [1.165, 1.54) is 97.1 Å². The molecule has 0 unspecified atom stereocenters. The van der Waals surface area contributed by atoms with Crippen molar-refractivity contribution in [2.75, 3.05) is 0 Å². The summed E-state index contributed by atoms with van der Waals surface area (Å²) in [5.41, 5.74) is 2.83. The van der Waals surface area contributed by atoms with Crippen molar-refractivity contribution in [3.05, 3.63) is 156 Å². The van der Waals surface area contributed by atoms with Crippen LogP contribution >= 0.6 is 0 Å². The van der Waals surface area contributed by atoms with Crippen molar-refractivity contribution in [2.24, 2.45) is 10.3 Å². The molecule has 0 bridgehead atoms. The summed E-state index contributed by atoms with van der Waals surface area (Å²) in [7, 11) is -29.1. The number of hydrogen-bond acceptors (Lipinski definition) is 20. The van der Waals surface area contributed by atoms with E-state index >= 15 is 0 Å². The van der Waals surface area contributed by atoms with E-state index in [9.17, 15) is 50.5 Å². The Hall–Kier alpha value is -6.84. The van der Waals surface area contributed by atoms with Crippen LogP contribution in [0.15, 0.2) is 173 Å². The van der Waals surface area contributed by atoms with Gasteiger partial charge in [-0.05, 0) is 100 Å². The zero-order chi connectivity index (χ0) is 49.7. The van der Waals surface area contributed by atoms with Gasteiger partial charge in [-0.1, -0.05) is 81.1 Å². The Labute approximate surface area is 392 Å². The van der Waals surface area contributed by atoms with Crippen molar-refractivity contribution >= 4 is 73.1 Å². The molecule has 358 valence electrons. The molecule has 0 saturated carbocycles. The molecular weight excluding hydrogens is 1010 g/mol. The molecule has 68 heavy (non-hydrogen) atoms. The maximum atomic E-state index is 13.5. The summed E-state index contributed by atoms with van der Waals surface area (Å²) in [5, 5.41) is 6.36. The maximum absolute atomic E-state index is 13.5. The first-order chi connectivity index (χ1) is 31.8. The van der Waals surface area contributed by atoms with Gasteiger partial charge < -0.3 is 16.7 Å². The van der Waals surface area contributed by atoms with E-state index in [1.54, 1.807) is 27.7 Å². The summed E-state index contributed by atoms with van der Waals surface area (Å²) in [6.07, 6.45) is 0.873. The van der Waals surface area contributed by atoms with Gasteiger partial charge in [-0.3, -0.25) is 8.57 Å². The van der Waals surface area contributed by atoms with Crippen molar-refractivity contribution in [1.82, 2.24) is 0 Å². The van der Waals surface area contributed by atoms with E-state index in [-0.39, 0.29) is 19.6 Å². The predicted molar refractivity (Wildman–Crippen MR) is 242 cm³/mol. The molecule has 26 heteroatoms. The third-order valence-electron chi connectivity index (χ3n) is 8.89. The molecule has 0 amide bonds. The summed E-state index contributed by atoms with van der Waals surface area (Å²) in [6, 6.07) is 26.0. The molecule has 0 aliphatic rings. The third kappa shape index (κ3) is 12.6. The molecule has 20 nitrogen and oxygen atoms in total. The lowest BCUT2D eigenvalue weighted by atomic mass is 10.2. The van der Waals surface area contributed by atoms with Crippen LogP contribution in [0.3, 0.4) is 0 Å². The molecule has 6 aromatic rings. The number of nitrogens with zero attached hydrogens (tertiary/aromatic N) is 2. The average molecular weight is 1050 g/mol. The zero-order valence-electron chi connectivity index (χ0n) is 35.5. The van der Waals surface area contributed by atoms with Gasteiger partial charge in [0.15, 0.2) is 21.3 Å². The van der Waals surface area contributed by atoms with Crippen molar-refractivity contribution in [2.45, 2.75) is 57.1 Å². The molecule has 0 spiro atoms. The van der Waals surface area contributed by atoms with Gasteiger partial charge >= 0.3 is 60.7 Å². The van der Waals surface area contributed by atoms with Crippen LogP contribution in [0.5, 0.6) is 23.0 Å². The van der Waals surface area contributed by atoms with E-state index in [2.05, 4.69) is 18.9 Å². The zero-order valence-corrected chi connectivity index (χ0v) is 40.4.